The topological polar surface area (TPSA) is 69.4 Å². The van der Waals surface area contributed by atoms with Crippen molar-refractivity contribution in [2.45, 2.75) is 25.9 Å². The van der Waals surface area contributed by atoms with Crippen LogP contribution in [0.15, 0.2) is 54.6 Å². The molecule has 0 fully saturated rings. The van der Waals surface area contributed by atoms with Gasteiger partial charge < -0.3 is 4.74 Å². The maximum Gasteiger partial charge on any atom is 0.211 e. The van der Waals surface area contributed by atoms with E-state index in [1.807, 2.05) is 50.2 Å². The monoisotopic (exact) mass is 339 g/mol. The van der Waals surface area contributed by atoms with Crippen LogP contribution in [-0.2, 0) is 0 Å². The Labute approximate surface area is 146 Å². The second-order valence-corrected chi connectivity index (χ2v) is 6.75. The molecule has 0 amide bonds. The Kier molecular flexibility index (Phi) is 4.83. The first-order valence-corrected chi connectivity index (χ1v) is 8.45. The number of carbonyl (C=O) groups is 1. The summed E-state index contributed by atoms with van der Waals surface area (Å²) < 4.78 is 6.12. The van der Waals surface area contributed by atoms with Crippen molar-refractivity contribution in [3.8, 4) is 5.75 Å². The van der Waals surface area contributed by atoms with Crippen LogP contribution in [0.25, 0.3) is 0 Å². The number of ether oxygens (including phenoxy) is 1. The summed E-state index contributed by atoms with van der Waals surface area (Å²) in [5.74, 6) is -0.556. The fourth-order valence-electron chi connectivity index (χ4n) is 3.57. The average molecular weight is 339 g/mol. The van der Waals surface area contributed by atoms with Crippen LogP contribution in [0, 0.1) is 22.0 Å². The van der Waals surface area contributed by atoms with Gasteiger partial charge in [-0.05, 0) is 23.6 Å². The first-order valence-electron chi connectivity index (χ1n) is 8.45. The van der Waals surface area contributed by atoms with Gasteiger partial charge in [-0.2, -0.15) is 0 Å². The fourth-order valence-corrected chi connectivity index (χ4v) is 3.57. The van der Waals surface area contributed by atoms with E-state index < -0.39 is 17.9 Å². The molecule has 0 bridgehead atoms. The zero-order valence-electron chi connectivity index (χ0n) is 14.3. The van der Waals surface area contributed by atoms with E-state index in [2.05, 4.69) is 0 Å². The number of para-hydroxylation sites is 1. The molecule has 5 nitrogen and oxygen atoms in total. The van der Waals surface area contributed by atoms with Gasteiger partial charge in [0, 0.05) is 4.92 Å². The van der Waals surface area contributed by atoms with Crippen molar-refractivity contribution in [3.05, 3.63) is 75.8 Å². The minimum absolute atomic E-state index is 0.0558. The highest BCUT2D eigenvalue weighted by molar-refractivity contribution is 6.02. The van der Waals surface area contributed by atoms with Crippen LogP contribution in [0.3, 0.4) is 0 Å². The number of ketones is 1. The minimum atomic E-state index is -0.581. The van der Waals surface area contributed by atoms with E-state index in [0.29, 0.717) is 11.3 Å². The van der Waals surface area contributed by atoms with Gasteiger partial charge in [0.15, 0.2) is 5.78 Å². The molecule has 5 heteroatoms. The summed E-state index contributed by atoms with van der Waals surface area (Å²) in [5, 5.41) is 11.3. The Bertz CT molecular complexity index is 772. The Hall–Kier alpha value is -2.69. The molecule has 0 saturated heterocycles. The predicted molar refractivity (Wildman–Crippen MR) is 94.6 cm³/mol. The van der Waals surface area contributed by atoms with Crippen LogP contribution in [0.2, 0.25) is 0 Å². The van der Waals surface area contributed by atoms with Crippen molar-refractivity contribution in [3.63, 3.8) is 0 Å². The minimum Gasteiger partial charge on any atom is -0.489 e. The summed E-state index contributed by atoms with van der Waals surface area (Å²) in [7, 11) is 0. The van der Waals surface area contributed by atoms with Crippen molar-refractivity contribution >= 4 is 5.78 Å². The molecule has 2 aromatic carbocycles. The van der Waals surface area contributed by atoms with Gasteiger partial charge in [0.25, 0.3) is 0 Å². The molecule has 2 aromatic rings. The maximum absolute atomic E-state index is 13.2. The lowest BCUT2D eigenvalue weighted by Gasteiger charge is -2.38. The molecule has 3 atom stereocenters. The third-order valence-corrected chi connectivity index (χ3v) is 4.74. The van der Waals surface area contributed by atoms with Crippen LogP contribution in [0.5, 0.6) is 5.75 Å². The normalized spacial score (nSPS) is 20.7. The van der Waals surface area contributed by atoms with Crippen molar-refractivity contribution in [2.75, 3.05) is 6.54 Å². The van der Waals surface area contributed by atoms with Gasteiger partial charge in [-0.1, -0.05) is 56.3 Å². The van der Waals surface area contributed by atoms with Crippen molar-refractivity contribution < 1.29 is 14.5 Å². The van der Waals surface area contributed by atoms with E-state index in [1.165, 1.54) is 0 Å². The molecule has 130 valence electrons. The van der Waals surface area contributed by atoms with Crippen LogP contribution in [-0.4, -0.2) is 23.4 Å². The molecule has 0 spiro atoms. The number of hydrogen-bond acceptors (Lipinski definition) is 4. The molecule has 0 saturated carbocycles. The molecule has 1 aliphatic rings. The second kappa shape index (κ2) is 7.05. The van der Waals surface area contributed by atoms with Crippen LogP contribution < -0.4 is 4.74 Å². The fraction of sp³-hybridized carbons (Fsp3) is 0.350. The third kappa shape index (κ3) is 3.40. The van der Waals surface area contributed by atoms with E-state index in [9.17, 15) is 14.9 Å². The van der Waals surface area contributed by atoms with E-state index in [1.54, 1.807) is 18.2 Å². The summed E-state index contributed by atoms with van der Waals surface area (Å²) >= 11 is 0. The Morgan fingerprint density at radius 3 is 2.36 bits per heavy atom. The summed E-state index contributed by atoms with van der Waals surface area (Å²) in [6, 6.07) is 16.4. The van der Waals surface area contributed by atoms with Gasteiger partial charge >= 0.3 is 0 Å². The van der Waals surface area contributed by atoms with Crippen molar-refractivity contribution in [1.29, 1.82) is 0 Å². The first kappa shape index (κ1) is 17.1. The lowest BCUT2D eigenvalue weighted by molar-refractivity contribution is -0.484. The lowest BCUT2D eigenvalue weighted by atomic mass is 9.73. The number of Topliss-reactive ketones (excluding diaryl/α,β-unsaturated/α-hetero) is 1. The third-order valence-electron chi connectivity index (χ3n) is 4.74. The molecule has 0 radical (unpaired) electrons. The highest BCUT2D eigenvalue weighted by Gasteiger charge is 2.45. The van der Waals surface area contributed by atoms with Crippen molar-refractivity contribution in [1.82, 2.24) is 0 Å². The van der Waals surface area contributed by atoms with Crippen LogP contribution >= 0.6 is 0 Å². The molecule has 1 heterocycles. The van der Waals surface area contributed by atoms with E-state index in [4.69, 9.17) is 4.74 Å². The Morgan fingerprint density at radius 1 is 1.08 bits per heavy atom. The van der Waals surface area contributed by atoms with Gasteiger partial charge in [0.2, 0.25) is 6.54 Å². The van der Waals surface area contributed by atoms with E-state index in [0.717, 1.165) is 5.56 Å². The highest BCUT2D eigenvalue weighted by atomic mass is 16.6. The largest absolute Gasteiger partial charge is 0.489 e. The van der Waals surface area contributed by atoms with Gasteiger partial charge in [-0.25, -0.2) is 0 Å². The number of hydrogen-bond donors (Lipinski definition) is 0. The Morgan fingerprint density at radius 2 is 1.72 bits per heavy atom. The number of nitro groups is 1. The molecular weight excluding hydrogens is 318 g/mol. The summed E-state index contributed by atoms with van der Waals surface area (Å²) in [6.45, 7) is 3.66. The van der Waals surface area contributed by atoms with Crippen molar-refractivity contribution in [2.24, 2.45) is 11.8 Å². The molecule has 1 aliphatic heterocycles. The van der Waals surface area contributed by atoms with Gasteiger partial charge in [-0.3, -0.25) is 14.9 Å². The zero-order chi connectivity index (χ0) is 18.0. The number of nitrogens with zero attached hydrogens (tertiary/aromatic N) is 1. The molecule has 3 rings (SSSR count). The summed E-state index contributed by atoms with van der Waals surface area (Å²) in [4.78, 5) is 24.2. The predicted octanol–water partition coefficient (Wildman–Crippen LogP) is 3.96. The standard InChI is InChI=1S/C20H21NO4/c1-13(2)20-18(19(22)15-10-6-7-11-17(15)25-20)16(12-21(23)24)14-8-4-3-5-9-14/h3-11,13,16,18,20H,12H2,1-2H3. The van der Waals surface area contributed by atoms with Crippen LogP contribution in [0.4, 0.5) is 0 Å². The molecule has 0 N–H and O–H groups in total. The van der Waals surface area contributed by atoms with Gasteiger partial charge in [0.05, 0.1) is 17.4 Å². The average Bonchev–Trinajstić information content (AvgIpc) is 2.60. The molecular formula is C20H21NO4. The van der Waals surface area contributed by atoms with E-state index in [-0.39, 0.29) is 23.2 Å². The quantitative estimate of drug-likeness (QED) is 0.611. The number of benzene rings is 2. The smallest absolute Gasteiger partial charge is 0.211 e. The van der Waals surface area contributed by atoms with Gasteiger partial charge in [-0.15, -0.1) is 0 Å². The maximum atomic E-state index is 13.2. The van der Waals surface area contributed by atoms with Crippen LogP contribution in [0.1, 0.15) is 35.7 Å². The highest BCUT2D eigenvalue weighted by Crippen LogP contribution is 2.40. The summed E-state index contributed by atoms with van der Waals surface area (Å²) in [6.07, 6.45) is -0.396. The first-order chi connectivity index (χ1) is 12.0. The molecule has 25 heavy (non-hydrogen) atoms. The number of rotatable bonds is 5. The number of fused-ring (bicyclic) bond motifs is 1. The second-order valence-electron chi connectivity index (χ2n) is 6.75. The SMILES string of the molecule is CC(C)C1Oc2ccccc2C(=O)C1C(C[N+](=O)[O-])c1ccccc1. The molecule has 3 unspecified atom stereocenters. The Balaban J connectivity index is 2.09. The zero-order valence-corrected chi connectivity index (χ0v) is 14.3. The molecule has 0 aliphatic carbocycles. The number of carbonyl (C=O) groups excluding carboxylic acids is 1. The lowest BCUT2D eigenvalue weighted by Crippen LogP contribution is -2.45. The molecule has 0 aromatic heterocycles. The van der Waals surface area contributed by atoms with E-state index >= 15 is 0 Å². The van der Waals surface area contributed by atoms with Gasteiger partial charge in [0.1, 0.15) is 11.9 Å². The summed E-state index contributed by atoms with van der Waals surface area (Å²) in [5.41, 5.74) is 1.31.